The van der Waals surface area contributed by atoms with Gasteiger partial charge in [-0.3, -0.25) is 0 Å². The van der Waals surface area contributed by atoms with Crippen LogP contribution in [0, 0.1) is 0 Å². The molecule has 0 unspecified atom stereocenters. The molecule has 0 saturated carbocycles. The molecule has 0 aromatic heterocycles. The highest BCUT2D eigenvalue weighted by Gasteiger charge is 2.15. The summed E-state index contributed by atoms with van der Waals surface area (Å²) >= 11 is 0. The van der Waals surface area contributed by atoms with E-state index in [-0.39, 0.29) is 0 Å². The van der Waals surface area contributed by atoms with Gasteiger partial charge in [0.05, 0.1) is 0 Å². The molecule has 0 spiro atoms. The lowest BCUT2D eigenvalue weighted by Crippen LogP contribution is -1.93. The molecule has 0 radical (unpaired) electrons. The average molecular weight is 431 g/mol. The van der Waals surface area contributed by atoms with Crippen molar-refractivity contribution in [2.75, 3.05) is 0 Å². The second-order valence-electron chi connectivity index (χ2n) is 7.40. The van der Waals surface area contributed by atoms with Crippen molar-refractivity contribution in [1.29, 1.82) is 0 Å². The lowest BCUT2D eigenvalue weighted by atomic mass is 10.0. The van der Waals surface area contributed by atoms with Crippen molar-refractivity contribution in [3.05, 3.63) is 133 Å². The Labute approximate surface area is 193 Å². The third-order valence-electron chi connectivity index (χ3n) is 5.06. The van der Waals surface area contributed by atoms with E-state index < -0.39 is 0 Å². The van der Waals surface area contributed by atoms with E-state index in [0.717, 1.165) is 34.1 Å². The van der Waals surface area contributed by atoms with Crippen molar-refractivity contribution >= 4 is 0 Å². The Kier molecular flexibility index (Phi) is 6.03. The van der Waals surface area contributed by atoms with Crippen molar-refractivity contribution in [2.45, 2.75) is 0 Å². The molecule has 0 fully saturated rings. The second kappa shape index (κ2) is 9.75. The highest BCUT2D eigenvalue weighted by molar-refractivity contribution is 5.75. The van der Waals surface area contributed by atoms with Gasteiger partial charge in [0.1, 0.15) is 23.0 Å². The molecule has 160 valence electrons. The monoisotopic (exact) mass is 430 g/mol. The second-order valence-corrected chi connectivity index (χ2v) is 7.40. The van der Waals surface area contributed by atoms with Gasteiger partial charge in [-0.1, -0.05) is 78.9 Å². The predicted octanol–water partition coefficient (Wildman–Crippen LogP) is 8.73. The van der Waals surface area contributed by atoms with Crippen LogP contribution in [0.4, 0.5) is 0 Å². The highest BCUT2D eigenvalue weighted by atomic mass is 16.5. The van der Waals surface area contributed by atoms with Crippen LogP contribution in [-0.2, 0) is 0 Å². The van der Waals surface area contributed by atoms with E-state index in [1.807, 2.05) is 133 Å². The van der Waals surface area contributed by atoms with E-state index in [0.29, 0.717) is 11.5 Å². The van der Waals surface area contributed by atoms with Crippen LogP contribution in [0.2, 0.25) is 0 Å². The van der Waals surface area contributed by atoms with E-state index in [1.165, 1.54) is 0 Å². The number of hydrogen-bond donors (Lipinski definition) is 0. The Morgan fingerprint density at radius 3 is 1.39 bits per heavy atom. The van der Waals surface area contributed by atoms with Gasteiger partial charge in [0.25, 0.3) is 0 Å². The van der Waals surface area contributed by atoms with Crippen LogP contribution in [-0.4, -0.2) is 0 Å². The summed E-state index contributed by atoms with van der Waals surface area (Å²) in [6.07, 6.45) is 0. The summed E-state index contributed by atoms with van der Waals surface area (Å²) in [5.41, 5.74) is 1.93. The number of ether oxygens (including phenoxy) is 3. The molecule has 3 nitrogen and oxygen atoms in total. The SMILES string of the molecule is c1ccc(Oc2ccc(-c3cccc(Oc4ccccc4)c3Oc3ccccc3)cc2)cc1. The van der Waals surface area contributed by atoms with Crippen LogP contribution in [0.15, 0.2) is 133 Å². The molecule has 33 heavy (non-hydrogen) atoms. The lowest BCUT2D eigenvalue weighted by molar-refractivity contribution is 0.420. The minimum atomic E-state index is 0.646. The number of hydrogen-bond acceptors (Lipinski definition) is 3. The van der Waals surface area contributed by atoms with E-state index in [9.17, 15) is 0 Å². The third-order valence-corrected chi connectivity index (χ3v) is 5.06. The van der Waals surface area contributed by atoms with Crippen molar-refractivity contribution in [2.24, 2.45) is 0 Å². The molecule has 5 rings (SSSR count). The maximum absolute atomic E-state index is 6.34. The fourth-order valence-corrected chi connectivity index (χ4v) is 3.48. The molecule has 0 N–H and O–H groups in total. The first kappa shape index (κ1) is 20.4. The molecule has 0 bridgehead atoms. The van der Waals surface area contributed by atoms with Crippen molar-refractivity contribution in [3.8, 4) is 45.6 Å². The number of benzene rings is 5. The molecular weight excluding hydrogens is 408 g/mol. The molecule has 0 heterocycles. The molecule has 0 aliphatic rings. The molecule has 3 heteroatoms. The molecule has 0 amide bonds. The quantitative estimate of drug-likeness (QED) is 0.258. The Hall–Kier alpha value is -4.50. The highest BCUT2D eigenvalue weighted by Crippen LogP contribution is 2.43. The first-order valence-corrected chi connectivity index (χ1v) is 10.8. The van der Waals surface area contributed by atoms with E-state index >= 15 is 0 Å². The zero-order valence-corrected chi connectivity index (χ0v) is 17.9. The number of rotatable bonds is 7. The molecular formula is C30H22O3. The maximum Gasteiger partial charge on any atom is 0.177 e. The molecule has 0 atom stereocenters. The third kappa shape index (κ3) is 5.05. The Morgan fingerprint density at radius 1 is 0.333 bits per heavy atom. The molecule has 0 aliphatic heterocycles. The zero-order valence-electron chi connectivity index (χ0n) is 17.9. The van der Waals surface area contributed by atoms with E-state index in [2.05, 4.69) is 0 Å². The molecule has 0 aliphatic carbocycles. The smallest absolute Gasteiger partial charge is 0.177 e. The van der Waals surface area contributed by atoms with Crippen molar-refractivity contribution in [1.82, 2.24) is 0 Å². The van der Waals surface area contributed by atoms with Gasteiger partial charge in [-0.15, -0.1) is 0 Å². The Morgan fingerprint density at radius 2 is 0.818 bits per heavy atom. The minimum absolute atomic E-state index is 0.646. The van der Waals surface area contributed by atoms with E-state index in [4.69, 9.17) is 14.2 Å². The van der Waals surface area contributed by atoms with Crippen molar-refractivity contribution < 1.29 is 14.2 Å². The van der Waals surface area contributed by atoms with Gasteiger partial charge in [0.2, 0.25) is 0 Å². The zero-order chi connectivity index (χ0) is 22.3. The van der Waals surface area contributed by atoms with Crippen LogP contribution in [0.25, 0.3) is 11.1 Å². The van der Waals surface area contributed by atoms with Gasteiger partial charge in [-0.05, 0) is 60.2 Å². The maximum atomic E-state index is 6.34. The van der Waals surface area contributed by atoms with Gasteiger partial charge in [-0.2, -0.15) is 0 Å². The average Bonchev–Trinajstić information content (AvgIpc) is 2.88. The lowest BCUT2D eigenvalue weighted by Gasteiger charge is -2.17. The van der Waals surface area contributed by atoms with Crippen molar-refractivity contribution in [3.63, 3.8) is 0 Å². The summed E-state index contributed by atoms with van der Waals surface area (Å²) in [5.74, 6) is 4.37. The van der Waals surface area contributed by atoms with Gasteiger partial charge < -0.3 is 14.2 Å². The first-order chi connectivity index (χ1) is 16.3. The molecule has 5 aromatic rings. The topological polar surface area (TPSA) is 27.7 Å². The molecule has 5 aromatic carbocycles. The van der Waals surface area contributed by atoms with Gasteiger partial charge in [0, 0.05) is 5.56 Å². The van der Waals surface area contributed by atoms with Gasteiger partial charge in [0.15, 0.2) is 11.5 Å². The van der Waals surface area contributed by atoms with Crippen LogP contribution < -0.4 is 14.2 Å². The standard InChI is InChI=1S/C30H22O3/c1-4-11-24(12-5-1)31-27-21-19-23(20-22-27)28-17-10-18-29(32-25-13-6-2-7-14-25)30(28)33-26-15-8-3-9-16-26/h1-22H. The summed E-state index contributed by atoms with van der Waals surface area (Å²) in [4.78, 5) is 0. The largest absolute Gasteiger partial charge is 0.457 e. The fourth-order valence-electron chi connectivity index (χ4n) is 3.48. The summed E-state index contributed by atoms with van der Waals surface area (Å²) < 4.78 is 18.5. The van der Waals surface area contributed by atoms with Gasteiger partial charge >= 0.3 is 0 Å². The Balaban J connectivity index is 1.50. The molecule has 0 saturated heterocycles. The summed E-state index contributed by atoms with van der Waals surface area (Å²) in [5, 5.41) is 0. The van der Waals surface area contributed by atoms with Crippen LogP contribution >= 0.6 is 0 Å². The first-order valence-electron chi connectivity index (χ1n) is 10.8. The normalized spacial score (nSPS) is 10.4. The predicted molar refractivity (Wildman–Crippen MR) is 131 cm³/mol. The van der Waals surface area contributed by atoms with Gasteiger partial charge in [-0.25, -0.2) is 0 Å². The summed E-state index contributed by atoms with van der Waals surface area (Å²) in [6.45, 7) is 0. The van der Waals surface area contributed by atoms with E-state index in [1.54, 1.807) is 0 Å². The van der Waals surface area contributed by atoms with Crippen LogP contribution in [0.5, 0.6) is 34.5 Å². The summed E-state index contributed by atoms with van der Waals surface area (Å²) in [6, 6.07) is 43.1. The Bertz CT molecular complexity index is 1300. The minimum Gasteiger partial charge on any atom is -0.457 e. The number of para-hydroxylation sites is 4. The van der Waals surface area contributed by atoms with Crippen LogP contribution in [0.3, 0.4) is 0 Å². The summed E-state index contributed by atoms with van der Waals surface area (Å²) in [7, 11) is 0. The fraction of sp³-hybridized carbons (Fsp3) is 0. The van der Waals surface area contributed by atoms with Crippen LogP contribution in [0.1, 0.15) is 0 Å².